The van der Waals surface area contributed by atoms with E-state index in [4.69, 9.17) is 5.73 Å². The van der Waals surface area contributed by atoms with Crippen molar-refractivity contribution in [1.29, 1.82) is 0 Å². The van der Waals surface area contributed by atoms with E-state index in [1.807, 2.05) is 88.4 Å². The van der Waals surface area contributed by atoms with Gasteiger partial charge >= 0.3 is 0 Å². The molecule has 3 rings (SSSR count). The van der Waals surface area contributed by atoms with Crippen molar-refractivity contribution in [3.63, 3.8) is 0 Å². The standard InChI is InChI=1S/C30H42N2O4/c1-5-29(35,6-2)24(22-16-11-9-12-17-22)32(27(34)28(26(31)33)20-15-21-28)25(30(36,7-3)8-4)23-18-13-10-14-19-23/h9-14,16-19,24-25,35-36H,5-8,15,20-21H2,1-4H3,(H2,31,33)/t24-,25-/m1/s1. The molecule has 2 aromatic rings. The molecule has 1 fully saturated rings. The van der Waals surface area contributed by atoms with E-state index in [0.29, 0.717) is 38.5 Å². The lowest BCUT2D eigenvalue weighted by molar-refractivity contribution is -0.178. The van der Waals surface area contributed by atoms with E-state index in [2.05, 4.69) is 0 Å². The van der Waals surface area contributed by atoms with Crippen molar-refractivity contribution in [2.45, 2.75) is 95.9 Å². The first-order valence-electron chi connectivity index (χ1n) is 13.3. The lowest BCUT2D eigenvalue weighted by Gasteiger charge is -2.54. The number of rotatable bonds is 12. The molecular weight excluding hydrogens is 452 g/mol. The highest BCUT2D eigenvalue weighted by molar-refractivity contribution is 6.05. The first kappa shape index (κ1) is 27.9. The van der Waals surface area contributed by atoms with Gasteiger partial charge in [-0.1, -0.05) is 94.8 Å². The molecule has 6 nitrogen and oxygen atoms in total. The average Bonchev–Trinajstić information content (AvgIpc) is 2.88. The van der Waals surface area contributed by atoms with Crippen molar-refractivity contribution >= 4 is 11.8 Å². The maximum Gasteiger partial charge on any atom is 0.239 e. The number of hydrogen-bond acceptors (Lipinski definition) is 4. The van der Waals surface area contributed by atoms with Gasteiger partial charge in [0.25, 0.3) is 0 Å². The fourth-order valence-electron chi connectivity index (χ4n) is 5.73. The minimum atomic E-state index is -1.34. The number of amides is 2. The van der Waals surface area contributed by atoms with E-state index in [1.54, 1.807) is 4.90 Å². The van der Waals surface area contributed by atoms with Gasteiger partial charge in [-0.3, -0.25) is 9.59 Å². The van der Waals surface area contributed by atoms with E-state index in [0.717, 1.165) is 17.5 Å². The predicted molar refractivity (Wildman–Crippen MR) is 142 cm³/mol. The predicted octanol–water partition coefficient (Wildman–Crippen LogP) is 5.06. The van der Waals surface area contributed by atoms with E-state index in [9.17, 15) is 19.8 Å². The van der Waals surface area contributed by atoms with Gasteiger partial charge in [0.1, 0.15) is 5.41 Å². The van der Waals surface area contributed by atoms with Gasteiger partial charge < -0.3 is 20.8 Å². The van der Waals surface area contributed by atoms with Gasteiger partial charge in [0.15, 0.2) is 0 Å². The lowest BCUT2D eigenvalue weighted by Crippen LogP contribution is -2.62. The van der Waals surface area contributed by atoms with Gasteiger partial charge in [-0.05, 0) is 49.7 Å². The summed E-state index contributed by atoms with van der Waals surface area (Å²) in [6, 6.07) is 17.3. The van der Waals surface area contributed by atoms with Crippen LogP contribution in [0.25, 0.3) is 0 Å². The van der Waals surface area contributed by atoms with Gasteiger partial charge in [-0.15, -0.1) is 0 Å². The van der Waals surface area contributed by atoms with Crippen LogP contribution in [0.15, 0.2) is 60.7 Å². The van der Waals surface area contributed by atoms with Crippen LogP contribution in [0.3, 0.4) is 0 Å². The summed E-state index contributed by atoms with van der Waals surface area (Å²) >= 11 is 0. The number of nitrogens with zero attached hydrogens (tertiary/aromatic N) is 1. The summed E-state index contributed by atoms with van der Waals surface area (Å²) in [7, 11) is 0. The third kappa shape index (κ3) is 4.81. The van der Waals surface area contributed by atoms with Gasteiger partial charge in [-0.25, -0.2) is 0 Å². The number of carbonyl (C=O) groups is 2. The summed E-state index contributed by atoms with van der Waals surface area (Å²) < 4.78 is 0. The fourth-order valence-corrected chi connectivity index (χ4v) is 5.73. The molecular formula is C30H42N2O4. The van der Waals surface area contributed by atoms with Crippen molar-refractivity contribution in [2.24, 2.45) is 11.1 Å². The Morgan fingerprint density at radius 2 is 1.17 bits per heavy atom. The van der Waals surface area contributed by atoms with Crippen LogP contribution in [0.1, 0.15) is 95.9 Å². The van der Waals surface area contributed by atoms with Crippen LogP contribution in [0.4, 0.5) is 0 Å². The van der Waals surface area contributed by atoms with Crippen molar-refractivity contribution in [3.05, 3.63) is 71.8 Å². The number of carbonyl (C=O) groups excluding carboxylic acids is 2. The molecule has 2 atom stereocenters. The zero-order valence-electron chi connectivity index (χ0n) is 22.1. The molecule has 0 aliphatic heterocycles. The third-order valence-corrected chi connectivity index (χ3v) is 8.58. The van der Waals surface area contributed by atoms with Crippen LogP contribution in [0.5, 0.6) is 0 Å². The molecule has 4 N–H and O–H groups in total. The van der Waals surface area contributed by atoms with Crippen LogP contribution in [0, 0.1) is 5.41 Å². The lowest BCUT2D eigenvalue weighted by atomic mass is 9.65. The molecule has 2 aromatic carbocycles. The quantitative estimate of drug-likeness (QED) is 0.359. The Hall–Kier alpha value is -2.70. The molecule has 0 radical (unpaired) electrons. The minimum Gasteiger partial charge on any atom is -0.387 e. The van der Waals surface area contributed by atoms with Crippen LogP contribution in [-0.4, -0.2) is 38.1 Å². The second-order valence-electron chi connectivity index (χ2n) is 10.3. The Morgan fingerprint density at radius 3 is 1.42 bits per heavy atom. The van der Waals surface area contributed by atoms with Crippen LogP contribution in [-0.2, 0) is 9.59 Å². The summed E-state index contributed by atoms with van der Waals surface area (Å²) in [6.07, 6.45) is 3.00. The van der Waals surface area contributed by atoms with E-state index in [1.165, 1.54) is 0 Å². The highest BCUT2D eigenvalue weighted by atomic mass is 16.3. The Balaban J connectivity index is 2.40. The number of hydrogen-bond donors (Lipinski definition) is 3. The Labute approximate surface area is 215 Å². The largest absolute Gasteiger partial charge is 0.387 e. The molecule has 6 heteroatoms. The topological polar surface area (TPSA) is 104 Å². The third-order valence-electron chi connectivity index (χ3n) is 8.58. The van der Waals surface area contributed by atoms with Gasteiger partial charge in [0.05, 0.1) is 23.3 Å². The summed E-state index contributed by atoms with van der Waals surface area (Å²) in [6.45, 7) is 7.61. The van der Waals surface area contributed by atoms with E-state index < -0.39 is 40.5 Å². The molecule has 0 saturated heterocycles. The van der Waals surface area contributed by atoms with E-state index in [-0.39, 0.29) is 0 Å². The van der Waals surface area contributed by atoms with Crippen molar-refractivity contribution in [2.75, 3.05) is 0 Å². The van der Waals surface area contributed by atoms with Gasteiger partial charge in [0, 0.05) is 0 Å². The SMILES string of the molecule is CCC(O)(CC)[C@@H](c1ccccc1)N(C(=O)C1(C(N)=O)CCC1)[C@H](c1ccccc1)C(O)(CC)CC. The number of benzene rings is 2. The molecule has 36 heavy (non-hydrogen) atoms. The second-order valence-corrected chi connectivity index (χ2v) is 10.3. The van der Waals surface area contributed by atoms with Crippen LogP contribution >= 0.6 is 0 Å². The first-order chi connectivity index (χ1) is 17.1. The van der Waals surface area contributed by atoms with Gasteiger partial charge in [-0.2, -0.15) is 0 Å². The monoisotopic (exact) mass is 494 g/mol. The molecule has 196 valence electrons. The summed E-state index contributed by atoms with van der Waals surface area (Å²) in [5.41, 5.74) is 3.46. The molecule has 1 saturated carbocycles. The van der Waals surface area contributed by atoms with Crippen LogP contribution in [0.2, 0.25) is 0 Å². The highest BCUT2D eigenvalue weighted by Gasteiger charge is 2.58. The molecule has 0 heterocycles. The average molecular weight is 495 g/mol. The van der Waals surface area contributed by atoms with Crippen molar-refractivity contribution < 1.29 is 19.8 Å². The summed E-state index contributed by atoms with van der Waals surface area (Å²) in [5.74, 6) is -1.06. The van der Waals surface area contributed by atoms with Gasteiger partial charge in [0.2, 0.25) is 11.8 Å². The second kappa shape index (κ2) is 11.1. The molecule has 1 aliphatic rings. The number of aliphatic hydroxyl groups is 2. The highest BCUT2D eigenvalue weighted by Crippen LogP contribution is 2.51. The van der Waals surface area contributed by atoms with E-state index >= 15 is 0 Å². The normalized spacial score (nSPS) is 17.1. The minimum absolute atomic E-state index is 0.369. The molecule has 0 bridgehead atoms. The molecule has 0 spiro atoms. The maximum absolute atomic E-state index is 14.7. The maximum atomic E-state index is 14.7. The smallest absolute Gasteiger partial charge is 0.239 e. The molecule has 1 aliphatic carbocycles. The summed E-state index contributed by atoms with van der Waals surface area (Å²) in [5, 5.41) is 24.1. The van der Waals surface area contributed by atoms with Crippen molar-refractivity contribution in [3.8, 4) is 0 Å². The number of primary amides is 1. The van der Waals surface area contributed by atoms with Crippen LogP contribution < -0.4 is 5.73 Å². The number of nitrogens with two attached hydrogens (primary N) is 1. The zero-order chi connectivity index (χ0) is 26.6. The zero-order valence-corrected chi connectivity index (χ0v) is 22.1. The Bertz CT molecular complexity index is 950. The Morgan fingerprint density at radius 1 is 0.806 bits per heavy atom. The van der Waals surface area contributed by atoms with Crippen molar-refractivity contribution in [1.82, 2.24) is 4.90 Å². The molecule has 0 unspecified atom stereocenters. The Kier molecular flexibility index (Phi) is 8.63. The first-order valence-corrected chi connectivity index (χ1v) is 13.3. The summed E-state index contributed by atoms with van der Waals surface area (Å²) in [4.78, 5) is 29.1. The fraction of sp³-hybridized carbons (Fsp3) is 0.533. The molecule has 2 amide bonds. The molecule has 0 aromatic heterocycles.